The van der Waals surface area contributed by atoms with Crippen molar-refractivity contribution >= 4 is 52.0 Å². The number of nitrogens with one attached hydrogen (secondary N) is 2. The van der Waals surface area contributed by atoms with Crippen molar-refractivity contribution in [3.63, 3.8) is 0 Å². The number of carboxylic acid groups (broad SMARTS) is 1. The number of benzene rings is 1. The van der Waals surface area contributed by atoms with E-state index in [4.69, 9.17) is 5.11 Å². The van der Waals surface area contributed by atoms with Crippen LogP contribution in [0.25, 0.3) is 0 Å². The second-order valence-electron chi connectivity index (χ2n) is 4.15. The van der Waals surface area contributed by atoms with Gasteiger partial charge < -0.3 is 15.7 Å². The first-order valence-electron chi connectivity index (χ1n) is 5.74. The number of hydrogen-bond donors (Lipinski definition) is 3. The Labute approximate surface area is 128 Å². The summed E-state index contributed by atoms with van der Waals surface area (Å²) in [4.78, 5) is 22.9. The zero-order valence-electron chi connectivity index (χ0n) is 9.98. The number of amides is 2. The average Bonchev–Trinajstić information content (AvgIpc) is 2.83. The van der Waals surface area contributed by atoms with E-state index in [1.807, 2.05) is 22.6 Å². The van der Waals surface area contributed by atoms with Gasteiger partial charge in [-0.1, -0.05) is 0 Å². The Morgan fingerprint density at radius 3 is 2.84 bits per heavy atom. The third-order valence-corrected chi connectivity index (χ3v) is 4.56. The first kappa shape index (κ1) is 14.4. The molecule has 2 rings (SSSR count). The predicted molar refractivity (Wildman–Crippen MR) is 84.0 cm³/mol. The fourth-order valence-electron chi connectivity index (χ4n) is 1.79. The zero-order valence-corrected chi connectivity index (χ0v) is 13.0. The number of aromatic carboxylic acids is 1. The molecule has 1 atom stereocenters. The van der Waals surface area contributed by atoms with Crippen LogP contribution in [0.2, 0.25) is 0 Å². The molecule has 5 nitrogen and oxygen atoms in total. The number of carbonyl (C=O) groups is 2. The maximum absolute atomic E-state index is 11.8. The van der Waals surface area contributed by atoms with Gasteiger partial charge in [0.05, 0.1) is 11.3 Å². The van der Waals surface area contributed by atoms with Crippen LogP contribution < -0.4 is 10.6 Å². The molecule has 1 aliphatic heterocycles. The van der Waals surface area contributed by atoms with E-state index in [0.29, 0.717) is 5.69 Å². The number of thioether (sulfide) groups is 1. The normalized spacial score (nSPS) is 18.1. The van der Waals surface area contributed by atoms with Crippen molar-refractivity contribution in [2.45, 2.75) is 12.5 Å². The van der Waals surface area contributed by atoms with Gasteiger partial charge >= 0.3 is 12.0 Å². The molecular weight excluding hydrogens is 379 g/mol. The fraction of sp³-hybridized carbons (Fsp3) is 0.333. The van der Waals surface area contributed by atoms with E-state index in [0.717, 1.165) is 21.5 Å². The summed E-state index contributed by atoms with van der Waals surface area (Å²) >= 11 is 3.84. The monoisotopic (exact) mass is 392 g/mol. The summed E-state index contributed by atoms with van der Waals surface area (Å²) in [5.74, 6) is 0.908. The minimum atomic E-state index is -1.05. The van der Waals surface area contributed by atoms with Crippen molar-refractivity contribution < 1.29 is 14.7 Å². The topological polar surface area (TPSA) is 78.4 Å². The van der Waals surface area contributed by atoms with E-state index in [-0.39, 0.29) is 17.6 Å². The molecule has 2 amide bonds. The quantitative estimate of drug-likeness (QED) is 0.692. The van der Waals surface area contributed by atoms with Gasteiger partial charge in [-0.15, -0.1) is 0 Å². The SMILES string of the molecule is O=C(Nc1ccc(I)cc1C(=O)O)NC1CCSC1. The Bertz CT molecular complexity index is 504. The van der Waals surface area contributed by atoms with Gasteiger partial charge in [0, 0.05) is 15.4 Å². The number of carbonyl (C=O) groups excluding carboxylic acids is 1. The van der Waals surface area contributed by atoms with E-state index in [9.17, 15) is 9.59 Å². The summed E-state index contributed by atoms with van der Waals surface area (Å²) in [7, 11) is 0. The summed E-state index contributed by atoms with van der Waals surface area (Å²) in [6, 6.07) is 4.71. The van der Waals surface area contributed by atoms with E-state index in [1.165, 1.54) is 6.07 Å². The highest BCUT2D eigenvalue weighted by molar-refractivity contribution is 14.1. The van der Waals surface area contributed by atoms with Gasteiger partial charge in [-0.2, -0.15) is 11.8 Å². The molecule has 0 aliphatic carbocycles. The van der Waals surface area contributed by atoms with Crippen LogP contribution in [0.4, 0.5) is 10.5 Å². The molecule has 19 heavy (non-hydrogen) atoms. The fourth-order valence-corrected chi connectivity index (χ4v) is 3.44. The second kappa shape index (κ2) is 6.47. The van der Waals surface area contributed by atoms with Gasteiger partial charge in [0.1, 0.15) is 0 Å². The minimum absolute atomic E-state index is 0.0999. The van der Waals surface area contributed by atoms with Crippen LogP contribution in [0, 0.1) is 3.57 Å². The molecule has 7 heteroatoms. The largest absolute Gasteiger partial charge is 0.478 e. The molecular formula is C12H13IN2O3S. The lowest BCUT2D eigenvalue weighted by Gasteiger charge is -2.13. The van der Waals surface area contributed by atoms with Gasteiger partial charge in [-0.05, 0) is 53.0 Å². The Hall–Kier alpha value is -0.960. The third-order valence-electron chi connectivity index (χ3n) is 2.73. The standard InChI is InChI=1S/C12H13IN2O3S/c13-7-1-2-10(9(5-7)11(16)17)15-12(18)14-8-3-4-19-6-8/h1-2,5,8H,3-4,6H2,(H,16,17)(H2,14,15,18). The number of anilines is 1. The number of hydrogen-bond acceptors (Lipinski definition) is 3. The van der Waals surface area contributed by atoms with Gasteiger partial charge in [-0.3, -0.25) is 0 Å². The molecule has 0 bridgehead atoms. The molecule has 1 aromatic carbocycles. The van der Waals surface area contributed by atoms with Gasteiger partial charge in [-0.25, -0.2) is 9.59 Å². The molecule has 0 spiro atoms. The second-order valence-corrected chi connectivity index (χ2v) is 6.55. The molecule has 1 fully saturated rings. The van der Waals surface area contributed by atoms with Gasteiger partial charge in [0.15, 0.2) is 0 Å². The van der Waals surface area contributed by atoms with Crippen molar-refractivity contribution in [1.82, 2.24) is 5.32 Å². The average molecular weight is 392 g/mol. The molecule has 1 aliphatic rings. The van der Waals surface area contributed by atoms with Crippen LogP contribution >= 0.6 is 34.4 Å². The predicted octanol–water partition coefficient (Wildman–Crippen LogP) is 2.62. The molecule has 1 heterocycles. The van der Waals surface area contributed by atoms with Crippen molar-refractivity contribution in [3.05, 3.63) is 27.3 Å². The summed E-state index contributed by atoms with van der Waals surface area (Å²) < 4.78 is 0.813. The Balaban J connectivity index is 2.05. The lowest BCUT2D eigenvalue weighted by Crippen LogP contribution is -2.38. The highest BCUT2D eigenvalue weighted by Gasteiger charge is 2.19. The Morgan fingerprint density at radius 2 is 2.21 bits per heavy atom. The molecule has 1 saturated heterocycles. The molecule has 0 saturated carbocycles. The number of carboxylic acids is 1. The van der Waals surface area contributed by atoms with Crippen LogP contribution in [0.5, 0.6) is 0 Å². The van der Waals surface area contributed by atoms with E-state index < -0.39 is 5.97 Å². The Kier molecular flexibility index (Phi) is 4.92. The first-order valence-corrected chi connectivity index (χ1v) is 7.97. The van der Waals surface area contributed by atoms with Crippen LogP contribution in [-0.2, 0) is 0 Å². The molecule has 3 N–H and O–H groups in total. The number of halogens is 1. The first-order chi connectivity index (χ1) is 9.06. The smallest absolute Gasteiger partial charge is 0.337 e. The van der Waals surface area contributed by atoms with Gasteiger partial charge in [0.25, 0.3) is 0 Å². The van der Waals surface area contributed by atoms with Crippen molar-refractivity contribution in [3.8, 4) is 0 Å². The maximum atomic E-state index is 11.8. The zero-order chi connectivity index (χ0) is 13.8. The Morgan fingerprint density at radius 1 is 1.42 bits per heavy atom. The van der Waals surface area contributed by atoms with Crippen molar-refractivity contribution in [1.29, 1.82) is 0 Å². The molecule has 1 aromatic rings. The van der Waals surface area contributed by atoms with Crippen LogP contribution in [0.1, 0.15) is 16.8 Å². The van der Waals surface area contributed by atoms with Gasteiger partial charge in [0.2, 0.25) is 0 Å². The van der Waals surface area contributed by atoms with Crippen LogP contribution in [0.3, 0.4) is 0 Å². The molecule has 102 valence electrons. The number of urea groups is 1. The van der Waals surface area contributed by atoms with E-state index >= 15 is 0 Å². The number of rotatable bonds is 3. The summed E-state index contributed by atoms with van der Waals surface area (Å²) in [5.41, 5.74) is 0.416. The minimum Gasteiger partial charge on any atom is -0.478 e. The van der Waals surface area contributed by atoms with Crippen LogP contribution in [-0.4, -0.2) is 34.7 Å². The highest BCUT2D eigenvalue weighted by Crippen LogP contribution is 2.20. The van der Waals surface area contributed by atoms with E-state index in [2.05, 4.69) is 10.6 Å². The third kappa shape index (κ3) is 4.00. The summed E-state index contributed by atoms with van der Waals surface area (Å²) in [6.07, 6.45) is 0.955. The summed E-state index contributed by atoms with van der Waals surface area (Å²) in [5, 5.41) is 14.6. The molecule has 1 unspecified atom stereocenters. The van der Waals surface area contributed by atoms with E-state index in [1.54, 1.807) is 23.9 Å². The van der Waals surface area contributed by atoms with Crippen molar-refractivity contribution in [2.75, 3.05) is 16.8 Å². The highest BCUT2D eigenvalue weighted by atomic mass is 127. The summed E-state index contributed by atoms with van der Waals surface area (Å²) in [6.45, 7) is 0. The lowest BCUT2D eigenvalue weighted by molar-refractivity contribution is 0.0698. The lowest BCUT2D eigenvalue weighted by atomic mass is 10.2. The molecule has 0 aromatic heterocycles. The maximum Gasteiger partial charge on any atom is 0.337 e. The van der Waals surface area contributed by atoms with Crippen LogP contribution in [0.15, 0.2) is 18.2 Å². The molecule has 0 radical (unpaired) electrons. The van der Waals surface area contributed by atoms with Crippen molar-refractivity contribution in [2.24, 2.45) is 0 Å².